The van der Waals surface area contributed by atoms with Crippen molar-refractivity contribution in [3.05, 3.63) is 12.0 Å². The highest BCUT2D eigenvalue weighted by molar-refractivity contribution is 5.36. The van der Waals surface area contributed by atoms with E-state index >= 15 is 0 Å². The van der Waals surface area contributed by atoms with Crippen molar-refractivity contribution in [2.24, 2.45) is 29.6 Å². The number of nitrogens with two attached hydrogens (primary N) is 1. The van der Waals surface area contributed by atoms with Crippen LogP contribution in [0.1, 0.15) is 44.7 Å². The van der Waals surface area contributed by atoms with Gasteiger partial charge in [0.15, 0.2) is 0 Å². The maximum Gasteiger partial charge on any atom is 0.126 e. The monoisotopic (exact) mass is 259 g/mol. The van der Waals surface area contributed by atoms with Crippen molar-refractivity contribution in [2.45, 2.75) is 52.0 Å². The van der Waals surface area contributed by atoms with Crippen molar-refractivity contribution < 1.29 is 0 Å². The fourth-order valence-electron chi connectivity index (χ4n) is 5.44. The van der Waals surface area contributed by atoms with Gasteiger partial charge in [0.25, 0.3) is 0 Å². The van der Waals surface area contributed by atoms with Crippen LogP contribution in [0.15, 0.2) is 6.33 Å². The van der Waals surface area contributed by atoms with Crippen LogP contribution >= 0.6 is 0 Å². The van der Waals surface area contributed by atoms with Gasteiger partial charge in [-0.2, -0.15) is 0 Å². The fourth-order valence-corrected chi connectivity index (χ4v) is 5.44. The van der Waals surface area contributed by atoms with Crippen molar-refractivity contribution in [1.29, 1.82) is 0 Å². The maximum atomic E-state index is 6.22. The summed E-state index contributed by atoms with van der Waals surface area (Å²) in [7, 11) is 0. The molecule has 5 rings (SSSR count). The Hall–Kier alpha value is -0.990. The van der Waals surface area contributed by atoms with E-state index in [1.165, 1.54) is 37.8 Å². The van der Waals surface area contributed by atoms with E-state index in [1.807, 2.05) is 6.33 Å². The van der Waals surface area contributed by atoms with Gasteiger partial charge in [-0.3, -0.25) is 0 Å². The van der Waals surface area contributed by atoms with Gasteiger partial charge >= 0.3 is 0 Å². The lowest BCUT2D eigenvalue weighted by molar-refractivity contribution is -0.0362. The molecular weight excluding hydrogens is 234 g/mol. The van der Waals surface area contributed by atoms with Crippen LogP contribution in [0, 0.1) is 29.6 Å². The third-order valence-electron chi connectivity index (χ3n) is 6.15. The van der Waals surface area contributed by atoms with Gasteiger partial charge in [0, 0.05) is 6.54 Å². The molecule has 1 heterocycles. The molecule has 0 aliphatic heterocycles. The Kier molecular flexibility index (Phi) is 2.64. The molecule has 2 N–H and O–H groups in total. The minimum Gasteiger partial charge on any atom is -0.384 e. The molecule has 19 heavy (non-hydrogen) atoms. The summed E-state index contributed by atoms with van der Waals surface area (Å²) >= 11 is 0. The SMILES string of the molecule is CCn1cnc(CC2C3CC4CC(C3)CC2C4)c1N. The fraction of sp³-hybridized carbons (Fsp3) is 0.812. The molecule has 104 valence electrons. The molecule has 4 aliphatic rings. The van der Waals surface area contributed by atoms with Gasteiger partial charge in [0.05, 0.1) is 12.0 Å². The van der Waals surface area contributed by atoms with Crippen LogP contribution in [0.5, 0.6) is 0 Å². The molecule has 1 aromatic heterocycles. The summed E-state index contributed by atoms with van der Waals surface area (Å²) in [6.07, 6.45) is 10.6. The summed E-state index contributed by atoms with van der Waals surface area (Å²) in [6, 6.07) is 0. The second-order valence-electron chi connectivity index (χ2n) is 7.16. The van der Waals surface area contributed by atoms with Crippen molar-refractivity contribution in [3.8, 4) is 0 Å². The summed E-state index contributed by atoms with van der Waals surface area (Å²) < 4.78 is 2.07. The van der Waals surface area contributed by atoms with E-state index < -0.39 is 0 Å². The largest absolute Gasteiger partial charge is 0.384 e. The molecule has 0 spiro atoms. The molecule has 4 saturated carbocycles. The topological polar surface area (TPSA) is 43.8 Å². The molecule has 4 fully saturated rings. The summed E-state index contributed by atoms with van der Waals surface area (Å²) in [5, 5.41) is 0. The molecule has 4 bridgehead atoms. The van der Waals surface area contributed by atoms with Crippen LogP contribution in [0.25, 0.3) is 0 Å². The quantitative estimate of drug-likeness (QED) is 0.906. The van der Waals surface area contributed by atoms with Crippen LogP contribution in [0.4, 0.5) is 5.82 Å². The van der Waals surface area contributed by atoms with E-state index in [2.05, 4.69) is 16.5 Å². The number of hydrogen-bond donors (Lipinski definition) is 1. The zero-order chi connectivity index (χ0) is 13.0. The lowest BCUT2D eigenvalue weighted by atomic mass is 9.51. The highest BCUT2D eigenvalue weighted by atomic mass is 15.1. The minimum absolute atomic E-state index is 0.871. The van der Waals surface area contributed by atoms with Gasteiger partial charge in [-0.1, -0.05) is 0 Å². The van der Waals surface area contributed by atoms with Gasteiger partial charge in [0.1, 0.15) is 5.82 Å². The van der Waals surface area contributed by atoms with Gasteiger partial charge in [0.2, 0.25) is 0 Å². The molecule has 0 aromatic carbocycles. The Bertz CT molecular complexity index is 448. The van der Waals surface area contributed by atoms with E-state index in [9.17, 15) is 0 Å². The molecular formula is C16H25N3. The summed E-state index contributed by atoms with van der Waals surface area (Å²) in [5.41, 5.74) is 7.38. The molecule has 0 radical (unpaired) electrons. The number of rotatable bonds is 3. The zero-order valence-corrected chi connectivity index (χ0v) is 11.9. The van der Waals surface area contributed by atoms with Gasteiger partial charge in [-0.15, -0.1) is 0 Å². The lowest BCUT2D eigenvalue weighted by Gasteiger charge is -2.54. The molecule has 3 heteroatoms. The standard InChI is InChI=1S/C16H25N3/c1-2-19-9-18-15(16(19)17)8-14-12-4-10-3-11(6-12)7-13(14)5-10/h9-14H,2-8,17H2,1H3. The summed E-state index contributed by atoms with van der Waals surface area (Å²) in [4.78, 5) is 4.58. The van der Waals surface area contributed by atoms with Crippen LogP contribution in [0.3, 0.4) is 0 Å². The third kappa shape index (κ3) is 1.81. The normalized spacial score (nSPS) is 39.9. The van der Waals surface area contributed by atoms with Crippen LogP contribution in [-0.2, 0) is 13.0 Å². The maximum absolute atomic E-state index is 6.22. The Morgan fingerprint density at radius 2 is 1.79 bits per heavy atom. The lowest BCUT2D eigenvalue weighted by Crippen LogP contribution is -2.45. The van der Waals surface area contributed by atoms with Crippen molar-refractivity contribution in [2.75, 3.05) is 5.73 Å². The van der Waals surface area contributed by atoms with E-state index in [1.54, 1.807) is 0 Å². The van der Waals surface area contributed by atoms with Gasteiger partial charge in [-0.05, 0) is 75.0 Å². The molecule has 0 amide bonds. The number of anilines is 1. The van der Waals surface area contributed by atoms with E-state index in [4.69, 9.17) is 5.73 Å². The first-order valence-electron chi connectivity index (χ1n) is 8.04. The molecule has 0 atom stereocenters. The Labute approximate surface area is 115 Å². The molecule has 4 aliphatic carbocycles. The first-order valence-corrected chi connectivity index (χ1v) is 8.04. The highest BCUT2D eigenvalue weighted by Gasteiger charge is 2.48. The number of imidazole rings is 1. The van der Waals surface area contributed by atoms with Gasteiger partial charge < -0.3 is 10.3 Å². The second-order valence-corrected chi connectivity index (χ2v) is 7.16. The van der Waals surface area contributed by atoms with Crippen molar-refractivity contribution >= 4 is 5.82 Å². The number of nitrogens with zero attached hydrogens (tertiary/aromatic N) is 2. The predicted octanol–water partition coefficient (Wildman–Crippen LogP) is 3.10. The number of nitrogen functional groups attached to an aromatic ring is 1. The molecule has 3 nitrogen and oxygen atoms in total. The zero-order valence-electron chi connectivity index (χ0n) is 11.9. The van der Waals surface area contributed by atoms with Crippen molar-refractivity contribution in [3.63, 3.8) is 0 Å². The first-order chi connectivity index (χ1) is 9.24. The average Bonchev–Trinajstić information content (AvgIpc) is 2.74. The van der Waals surface area contributed by atoms with E-state index in [0.717, 1.165) is 48.4 Å². The third-order valence-corrected chi connectivity index (χ3v) is 6.15. The smallest absolute Gasteiger partial charge is 0.126 e. The average molecular weight is 259 g/mol. The van der Waals surface area contributed by atoms with Gasteiger partial charge in [-0.25, -0.2) is 4.98 Å². The molecule has 0 saturated heterocycles. The van der Waals surface area contributed by atoms with Crippen molar-refractivity contribution in [1.82, 2.24) is 9.55 Å². The van der Waals surface area contributed by atoms with Crippen LogP contribution in [-0.4, -0.2) is 9.55 Å². The predicted molar refractivity (Wildman–Crippen MR) is 76.6 cm³/mol. The number of hydrogen-bond acceptors (Lipinski definition) is 2. The molecule has 0 unspecified atom stereocenters. The van der Waals surface area contributed by atoms with Crippen LogP contribution in [0.2, 0.25) is 0 Å². The first kappa shape index (κ1) is 11.8. The minimum atomic E-state index is 0.871. The van der Waals surface area contributed by atoms with Crippen LogP contribution < -0.4 is 5.73 Å². The summed E-state index contributed by atoms with van der Waals surface area (Å²) in [5.74, 6) is 5.85. The Morgan fingerprint density at radius 1 is 1.16 bits per heavy atom. The number of aryl methyl sites for hydroxylation is 1. The Balaban J connectivity index is 1.55. The number of aromatic nitrogens is 2. The Morgan fingerprint density at radius 3 is 2.32 bits per heavy atom. The summed E-state index contributed by atoms with van der Waals surface area (Å²) in [6.45, 7) is 3.06. The molecule has 1 aromatic rings. The van der Waals surface area contributed by atoms with E-state index in [-0.39, 0.29) is 0 Å². The second kappa shape index (κ2) is 4.26. The van der Waals surface area contributed by atoms with E-state index in [0.29, 0.717) is 0 Å². The highest BCUT2D eigenvalue weighted by Crippen LogP contribution is 2.57.